The molecule has 0 spiro atoms. The summed E-state index contributed by atoms with van der Waals surface area (Å²) >= 11 is 0. The predicted octanol–water partition coefficient (Wildman–Crippen LogP) is 2.28. The van der Waals surface area contributed by atoms with Crippen LogP contribution in [-0.2, 0) is 4.74 Å². The van der Waals surface area contributed by atoms with Crippen LogP contribution in [0.15, 0.2) is 18.2 Å². The fourth-order valence-electron chi connectivity index (χ4n) is 1.05. The smallest absolute Gasteiger partial charge is 0.0793 e. The maximum atomic E-state index is 5.76. The van der Waals surface area contributed by atoms with Gasteiger partial charge in [0.1, 0.15) is 0 Å². The number of rotatable bonds is 2. The van der Waals surface area contributed by atoms with Crippen LogP contribution in [0, 0.1) is 6.92 Å². The van der Waals surface area contributed by atoms with Crippen LogP contribution < -0.4 is 5.73 Å². The standard InChI is InChI=1S/C10H15NO/c1-7-4-5-9(6-10(7)11)8(2)12-3/h4-6,8H,11H2,1-3H3/t8-/m1/s1. The Balaban J connectivity index is 2.96. The van der Waals surface area contributed by atoms with Gasteiger partial charge in [0.25, 0.3) is 0 Å². The van der Waals surface area contributed by atoms with Crippen LogP contribution in [0.4, 0.5) is 5.69 Å². The monoisotopic (exact) mass is 165 g/mol. The van der Waals surface area contributed by atoms with E-state index in [0.29, 0.717) is 0 Å². The number of hydrogen-bond acceptors (Lipinski definition) is 2. The van der Waals surface area contributed by atoms with E-state index in [-0.39, 0.29) is 6.10 Å². The van der Waals surface area contributed by atoms with Gasteiger partial charge in [-0.1, -0.05) is 12.1 Å². The van der Waals surface area contributed by atoms with Gasteiger partial charge in [0, 0.05) is 12.8 Å². The lowest BCUT2D eigenvalue weighted by atomic mass is 10.1. The maximum absolute atomic E-state index is 5.76. The molecule has 12 heavy (non-hydrogen) atoms. The van der Waals surface area contributed by atoms with Crippen molar-refractivity contribution < 1.29 is 4.74 Å². The van der Waals surface area contributed by atoms with Gasteiger partial charge in [0.2, 0.25) is 0 Å². The van der Waals surface area contributed by atoms with Crippen molar-refractivity contribution in [2.24, 2.45) is 0 Å². The Kier molecular flexibility index (Phi) is 2.71. The third-order valence-electron chi connectivity index (χ3n) is 2.13. The van der Waals surface area contributed by atoms with Crippen molar-refractivity contribution in [3.05, 3.63) is 29.3 Å². The van der Waals surface area contributed by atoms with Crippen molar-refractivity contribution in [2.75, 3.05) is 12.8 Å². The van der Waals surface area contributed by atoms with Crippen LogP contribution in [0.25, 0.3) is 0 Å². The Labute approximate surface area is 73.3 Å². The molecule has 0 heterocycles. The summed E-state index contributed by atoms with van der Waals surface area (Å²) in [6.45, 7) is 4.00. The van der Waals surface area contributed by atoms with Gasteiger partial charge in [0.15, 0.2) is 0 Å². The molecule has 0 fully saturated rings. The molecule has 1 aromatic carbocycles. The highest BCUT2D eigenvalue weighted by molar-refractivity contribution is 5.48. The molecule has 0 amide bonds. The molecule has 0 aliphatic heterocycles. The Morgan fingerprint density at radius 2 is 2.08 bits per heavy atom. The second-order valence-electron chi connectivity index (χ2n) is 2.99. The zero-order valence-corrected chi connectivity index (χ0v) is 7.79. The quantitative estimate of drug-likeness (QED) is 0.682. The summed E-state index contributed by atoms with van der Waals surface area (Å²) in [4.78, 5) is 0. The van der Waals surface area contributed by atoms with E-state index in [1.807, 2.05) is 32.0 Å². The fourth-order valence-corrected chi connectivity index (χ4v) is 1.05. The molecular weight excluding hydrogens is 150 g/mol. The van der Waals surface area contributed by atoms with Crippen molar-refractivity contribution in [1.29, 1.82) is 0 Å². The molecule has 0 unspecified atom stereocenters. The van der Waals surface area contributed by atoms with Gasteiger partial charge in [-0.2, -0.15) is 0 Å². The van der Waals surface area contributed by atoms with Crippen LogP contribution in [0.5, 0.6) is 0 Å². The van der Waals surface area contributed by atoms with Crippen molar-refractivity contribution in [2.45, 2.75) is 20.0 Å². The number of nitrogen functional groups attached to an aromatic ring is 1. The molecule has 1 atom stereocenters. The molecule has 1 aromatic rings. The SMILES string of the molecule is CO[C@H](C)c1ccc(C)c(N)c1. The van der Waals surface area contributed by atoms with Crippen LogP contribution in [0.1, 0.15) is 24.2 Å². The van der Waals surface area contributed by atoms with Crippen LogP contribution in [0.3, 0.4) is 0 Å². The van der Waals surface area contributed by atoms with Crippen molar-refractivity contribution in [1.82, 2.24) is 0 Å². The van der Waals surface area contributed by atoms with E-state index in [4.69, 9.17) is 10.5 Å². The predicted molar refractivity (Wildman–Crippen MR) is 51.0 cm³/mol. The molecule has 0 saturated carbocycles. The highest BCUT2D eigenvalue weighted by Crippen LogP contribution is 2.20. The Hall–Kier alpha value is -1.02. The Bertz CT molecular complexity index is 271. The minimum Gasteiger partial charge on any atom is -0.399 e. The Morgan fingerprint density at radius 1 is 1.42 bits per heavy atom. The largest absolute Gasteiger partial charge is 0.399 e. The zero-order chi connectivity index (χ0) is 9.14. The van der Waals surface area contributed by atoms with E-state index in [0.717, 1.165) is 16.8 Å². The number of methoxy groups -OCH3 is 1. The third-order valence-corrected chi connectivity index (χ3v) is 2.13. The van der Waals surface area contributed by atoms with Gasteiger partial charge < -0.3 is 10.5 Å². The van der Waals surface area contributed by atoms with E-state index < -0.39 is 0 Å². The van der Waals surface area contributed by atoms with Gasteiger partial charge in [-0.3, -0.25) is 0 Å². The molecule has 0 radical (unpaired) electrons. The summed E-state index contributed by atoms with van der Waals surface area (Å²) in [5.74, 6) is 0. The molecule has 0 bridgehead atoms. The Morgan fingerprint density at radius 3 is 2.58 bits per heavy atom. The molecule has 2 nitrogen and oxygen atoms in total. The summed E-state index contributed by atoms with van der Waals surface area (Å²) in [6, 6.07) is 6.02. The van der Waals surface area contributed by atoms with Gasteiger partial charge in [0.05, 0.1) is 6.10 Å². The maximum Gasteiger partial charge on any atom is 0.0793 e. The fraction of sp³-hybridized carbons (Fsp3) is 0.400. The average molecular weight is 165 g/mol. The first-order valence-corrected chi connectivity index (χ1v) is 4.04. The van der Waals surface area contributed by atoms with E-state index in [1.165, 1.54) is 0 Å². The highest BCUT2D eigenvalue weighted by atomic mass is 16.5. The molecule has 2 heteroatoms. The molecular formula is C10H15NO. The molecule has 0 saturated heterocycles. The number of anilines is 1. The van der Waals surface area contributed by atoms with Gasteiger partial charge in [-0.05, 0) is 31.0 Å². The molecule has 1 rings (SSSR count). The van der Waals surface area contributed by atoms with Crippen LogP contribution >= 0.6 is 0 Å². The second kappa shape index (κ2) is 3.59. The molecule has 0 aliphatic rings. The lowest BCUT2D eigenvalue weighted by Crippen LogP contribution is -1.98. The van der Waals surface area contributed by atoms with Gasteiger partial charge >= 0.3 is 0 Å². The highest BCUT2D eigenvalue weighted by Gasteiger charge is 2.03. The van der Waals surface area contributed by atoms with Crippen LogP contribution in [-0.4, -0.2) is 7.11 Å². The van der Waals surface area contributed by atoms with E-state index >= 15 is 0 Å². The van der Waals surface area contributed by atoms with Crippen molar-refractivity contribution in [3.8, 4) is 0 Å². The van der Waals surface area contributed by atoms with Crippen molar-refractivity contribution >= 4 is 5.69 Å². The summed E-state index contributed by atoms with van der Waals surface area (Å²) in [5.41, 5.74) is 8.83. The first-order valence-electron chi connectivity index (χ1n) is 4.04. The molecule has 66 valence electrons. The van der Waals surface area contributed by atoms with E-state index in [2.05, 4.69) is 0 Å². The summed E-state index contributed by atoms with van der Waals surface area (Å²) in [6.07, 6.45) is 0.118. The molecule has 0 aromatic heterocycles. The summed E-state index contributed by atoms with van der Waals surface area (Å²) in [5, 5.41) is 0. The van der Waals surface area contributed by atoms with Crippen LogP contribution in [0.2, 0.25) is 0 Å². The molecule has 2 N–H and O–H groups in total. The van der Waals surface area contributed by atoms with E-state index in [9.17, 15) is 0 Å². The minimum atomic E-state index is 0.118. The van der Waals surface area contributed by atoms with Gasteiger partial charge in [-0.25, -0.2) is 0 Å². The first kappa shape index (κ1) is 9.07. The number of hydrogen-bond donors (Lipinski definition) is 1. The molecule has 0 aliphatic carbocycles. The topological polar surface area (TPSA) is 35.2 Å². The third kappa shape index (κ3) is 1.77. The number of benzene rings is 1. The van der Waals surface area contributed by atoms with Crippen molar-refractivity contribution in [3.63, 3.8) is 0 Å². The number of aryl methyl sites for hydroxylation is 1. The van der Waals surface area contributed by atoms with E-state index in [1.54, 1.807) is 7.11 Å². The lowest BCUT2D eigenvalue weighted by molar-refractivity contribution is 0.119. The first-order chi connectivity index (χ1) is 5.65. The zero-order valence-electron chi connectivity index (χ0n) is 7.79. The second-order valence-corrected chi connectivity index (χ2v) is 2.99. The lowest BCUT2D eigenvalue weighted by Gasteiger charge is -2.11. The normalized spacial score (nSPS) is 12.9. The minimum absolute atomic E-state index is 0.118. The average Bonchev–Trinajstić information content (AvgIpc) is 2.08. The number of nitrogens with two attached hydrogens (primary N) is 1. The van der Waals surface area contributed by atoms with Gasteiger partial charge in [-0.15, -0.1) is 0 Å². The summed E-state index contributed by atoms with van der Waals surface area (Å²) in [7, 11) is 1.70. The number of ether oxygens (including phenoxy) is 1. The summed E-state index contributed by atoms with van der Waals surface area (Å²) < 4.78 is 5.18.